The average Bonchev–Trinajstić information content (AvgIpc) is 3.52. The fraction of sp³-hybridized carbons (Fsp3) is 0.458. The largest absolute Gasteiger partial charge is 0.358 e. The molecule has 3 nitrogen and oxygen atoms in total. The summed E-state index contributed by atoms with van der Waals surface area (Å²) in [7, 11) is 0. The van der Waals surface area contributed by atoms with Gasteiger partial charge in [-0.3, -0.25) is 4.79 Å². The van der Waals surface area contributed by atoms with Crippen LogP contribution >= 0.6 is 23.2 Å². The zero-order valence-electron chi connectivity index (χ0n) is 17.0. The normalized spacial score (nSPS) is 29.4. The van der Waals surface area contributed by atoms with E-state index in [0.29, 0.717) is 16.0 Å². The highest BCUT2D eigenvalue weighted by Crippen LogP contribution is 2.65. The summed E-state index contributed by atoms with van der Waals surface area (Å²) >= 11 is 12.5. The molecule has 0 radical (unpaired) electrons. The van der Waals surface area contributed by atoms with Crippen LogP contribution in [0.4, 0.5) is 0 Å². The first-order valence-electron chi connectivity index (χ1n) is 10.1. The smallest absolute Gasteiger partial charge is 0.201 e. The number of hydrogen-bond donors (Lipinski definition) is 0. The molecule has 2 heterocycles. The predicted octanol–water partition coefficient (Wildman–Crippen LogP) is 6.50. The van der Waals surface area contributed by atoms with Crippen molar-refractivity contribution in [1.82, 2.24) is 0 Å². The summed E-state index contributed by atoms with van der Waals surface area (Å²) in [4.78, 5) is 13.3. The maximum atomic E-state index is 13.3. The Kier molecular flexibility index (Phi) is 4.10. The number of Topliss-reactive ketones (excluding diaryl/α,β-unsaturated/α-hetero) is 1. The fourth-order valence-electron chi connectivity index (χ4n) is 5.00. The van der Waals surface area contributed by atoms with Gasteiger partial charge in [-0.1, -0.05) is 41.4 Å². The van der Waals surface area contributed by atoms with E-state index < -0.39 is 16.8 Å². The van der Waals surface area contributed by atoms with Gasteiger partial charge >= 0.3 is 0 Å². The van der Waals surface area contributed by atoms with E-state index in [9.17, 15) is 4.79 Å². The summed E-state index contributed by atoms with van der Waals surface area (Å²) in [5.74, 6) is 0.561. The molecular formula is C24H24Cl2O3. The van der Waals surface area contributed by atoms with Crippen LogP contribution < -0.4 is 0 Å². The molecule has 29 heavy (non-hydrogen) atoms. The van der Waals surface area contributed by atoms with E-state index in [2.05, 4.69) is 18.2 Å². The second-order valence-electron chi connectivity index (χ2n) is 9.43. The number of epoxide rings is 1. The Morgan fingerprint density at radius 2 is 1.69 bits per heavy atom. The number of halogens is 2. The minimum Gasteiger partial charge on any atom is -0.358 e. The summed E-state index contributed by atoms with van der Waals surface area (Å²) in [6, 6.07) is 11.9. The Hall–Kier alpha value is -1.39. The first-order chi connectivity index (χ1) is 13.6. The van der Waals surface area contributed by atoms with E-state index in [0.717, 1.165) is 16.7 Å². The first kappa shape index (κ1) is 19.6. The standard InChI is InChI=1S/C24H24Cl2O3/c1-22(2)21(27)24(23(3,4)29-22)20(28-24)18-11-14(7-9-16(18)13-5-6-13)17-10-8-15(25)12-19(17)26/h7-13,20H,5-6H2,1-4H3. The molecule has 2 saturated heterocycles. The Morgan fingerprint density at radius 1 is 0.966 bits per heavy atom. The van der Waals surface area contributed by atoms with E-state index >= 15 is 0 Å². The third-order valence-corrected chi connectivity index (χ3v) is 7.08. The third-order valence-electron chi connectivity index (χ3n) is 6.53. The van der Waals surface area contributed by atoms with E-state index in [4.69, 9.17) is 32.7 Å². The van der Waals surface area contributed by atoms with Crippen LogP contribution in [0.15, 0.2) is 36.4 Å². The van der Waals surface area contributed by atoms with Gasteiger partial charge in [0.25, 0.3) is 0 Å². The van der Waals surface area contributed by atoms with Gasteiger partial charge in [0.05, 0.1) is 0 Å². The average molecular weight is 431 g/mol. The molecule has 2 unspecified atom stereocenters. The molecule has 2 aliphatic heterocycles. The van der Waals surface area contributed by atoms with Crippen molar-refractivity contribution in [1.29, 1.82) is 0 Å². The third kappa shape index (κ3) is 2.82. The van der Waals surface area contributed by atoms with Gasteiger partial charge in [-0.25, -0.2) is 0 Å². The molecule has 3 fully saturated rings. The zero-order valence-corrected chi connectivity index (χ0v) is 18.5. The van der Waals surface area contributed by atoms with Crippen LogP contribution in [0.2, 0.25) is 10.0 Å². The van der Waals surface area contributed by atoms with Gasteiger partial charge in [0.15, 0.2) is 5.60 Å². The van der Waals surface area contributed by atoms with Crippen molar-refractivity contribution in [3.8, 4) is 11.1 Å². The van der Waals surface area contributed by atoms with Gasteiger partial charge in [0.1, 0.15) is 17.3 Å². The monoisotopic (exact) mass is 430 g/mol. The van der Waals surface area contributed by atoms with Crippen LogP contribution in [-0.2, 0) is 14.3 Å². The van der Waals surface area contributed by atoms with Crippen LogP contribution in [0.1, 0.15) is 63.7 Å². The summed E-state index contributed by atoms with van der Waals surface area (Å²) in [5.41, 5.74) is 1.81. The zero-order chi connectivity index (χ0) is 20.8. The molecule has 0 aromatic heterocycles. The summed E-state index contributed by atoms with van der Waals surface area (Å²) < 4.78 is 12.4. The molecule has 3 aliphatic rings. The SMILES string of the molecule is CC1(C)OC(C)(C)C2(OC2c2cc(-c3ccc(Cl)cc3Cl)ccc2C2CC2)C1=O. The lowest BCUT2D eigenvalue weighted by atomic mass is 9.79. The highest BCUT2D eigenvalue weighted by Gasteiger charge is 2.79. The minimum atomic E-state index is -0.928. The molecule has 152 valence electrons. The topological polar surface area (TPSA) is 38.8 Å². The molecule has 5 rings (SSSR count). The second kappa shape index (κ2) is 6.07. The summed E-state index contributed by atoms with van der Waals surface area (Å²) in [6.45, 7) is 7.57. The Labute approximate surface area is 181 Å². The quantitative estimate of drug-likeness (QED) is 0.521. The maximum absolute atomic E-state index is 13.3. The van der Waals surface area contributed by atoms with E-state index in [1.807, 2.05) is 39.8 Å². The van der Waals surface area contributed by atoms with Crippen molar-refractivity contribution in [3.63, 3.8) is 0 Å². The number of carbonyl (C=O) groups is 1. The van der Waals surface area contributed by atoms with Crippen molar-refractivity contribution >= 4 is 29.0 Å². The number of hydrogen-bond acceptors (Lipinski definition) is 3. The first-order valence-corrected chi connectivity index (χ1v) is 10.8. The lowest BCUT2D eigenvalue weighted by Gasteiger charge is -2.24. The molecule has 0 bridgehead atoms. The van der Waals surface area contributed by atoms with Gasteiger partial charge < -0.3 is 9.47 Å². The van der Waals surface area contributed by atoms with Crippen LogP contribution in [-0.4, -0.2) is 22.6 Å². The van der Waals surface area contributed by atoms with Gasteiger partial charge in [-0.2, -0.15) is 0 Å². The second-order valence-corrected chi connectivity index (χ2v) is 10.3. The summed E-state index contributed by atoms with van der Waals surface area (Å²) in [6.07, 6.45) is 2.05. The number of ether oxygens (including phenoxy) is 2. The molecule has 2 aromatic rings. The fourth-order valence-corrected chi connectivity index (χ4v) is 5.52. The maximum Gasteiger partial charge on any atom is 0.201 e. The molecule has 2 aromatic carbocycles. The molecule has 0 N–H and O–H groups in total. The highest BCUT2D eigenvalue weighted by molar-refractivity contribution is 6.36. The molecule has 1 saturated carbocycles. The molecule has 5 heteroatoms. The number of rotatable bonds is 3. The number of carbonyl (C=O) groups excluding carboxylic acids is 1. The Bertz CT molecular complexity index is 1040. The molecule has 0 amide bonds. The van der Waals surface area contributed by atoms with Gasteiger partial charge in [0.2, 0.25) is 5.78 Å². The van der Waals surface area contributed by atoms with E-state index in [1.165, 1.54) is 18.4 Å². The van der Waals surface area contributed by atoms with Crippen molar-refractivity contribution in [2.75, 3.05) is 0 Å². The van der Waals surface area contributed by atoms with E-state index in [-0.39, 0.29) is 11.9 Å². The van der Waals surface area contributed by atoms with Crippen LogP contribution in [0.3, 0.4) is 0 Å². The lowest BCUT2D eigenvalue weighted by Crippen LogP contribution is -2.41. The molecule has 1 aliphatic carbocycles. The minimum absolute atomic E-state index is 0.0247. The summed E-state index contributed by atoms with van der Waals surface area (Å²) in [5, 5.41) is 1.21. The molecule has 2 atom stereocenters. The van der Waals surface area contributed by atoms with Gasteiger partial charge in [-0.05, 0) is 81.3 Å². The lowest BCUT2D eigenvalue weighted by molar-refractivity contribution is -0.132. The Morgan fingerprint density at radius 3 is 2.28 bits per heavy atom. The molecule has 1 spiro atoms. The van der Waals surface area contributed by atoms with Crippen LogP contribution in [0, 0.1) is 0 Å². The van der Waals surface area contributed by atoms with Crippen LogP contribution in [0.25, 0.3) is 11.1 Å². The van der Waals surface area contributed by atoms with Gasteiger partial charge in [-0.15, -0.1) is 0 Å². The van der Waals surface area contributed by atoms with Crippen molar-refractivity contribution in [3.05, 3.63) is 57.6 Å². The van der Waals surface area contributed by atoms with Crippen molar-refractivity contribution in [2.24, 2.45) is 0 Å². The Balaban J connectivity index is 1.61. The number of benzene rings is 2. The molecular weight excluding hydrogens is 407 g/mol. The highest BCUT2D eigenvalue weighted by atomic mass is 35.5. The van der Waals surface area contributed by atoms with Crippen molar-refractivity contribution < 1.29 is 14.3 Å². The number of ketones is 1. The predicted molar refractivity (Wildman–Crippen MR) is 115 cm³/mol. The van der Waals surface area contributed by atoms with E-state index in [1.54, 1.807) is 6.07 Å². The van der Waals surface area contributed by atoms with Gasteiger partial charge in [0, 0.05) is 15.6 Å². The van der Waals surface area contributed by atoms with Crippen LogP contribution in [0.5, 0.6) is 0 Å². The van der Waals surface area contributed by atoms with Crippen molar-refractivity contribution in [2.45, 2.75) is 69.4 Å².